The van der Waals surface area contributed by atoms with Crippen molar-refractivity contribution in [2.24, 2.45) is 0 Å². The van der Waals surface area contributed by atoms with E-state index in [-0.39, 0.29) is 5.56 Å². The molecular formula is C12H17NO3. The van der Waals surface area contributed by atoms with E-state index in [1.807, 2.05) is 0 Å². The molecule has 0 radical (unpaired) electrons. The van der Waals surface area contributed by atoms with Gasteiger partial charge in [0.2, 0.25) is 0 Å². The van der Waals surface area contributed by atoms with Crippen molar-refractivity contribution in [1.82, 2.24) is 4.57 Å². The Labute approximate surface area is 94.9 Å². The first-order valence-electron chi connectivity index (χ1n) is 5.21. The Kier molecular flexibility index (Phi) is 3.52. The number of aromatic nitrogens is 1. The van der Waals surface area contributed by atoms with E-state index in [2.05, 4.69) is 0 Å². The Morgan fingerprint density at radius 3 is 2.50 bits per heavy atom. The fourth-order valence-corrected chi connectivity index (χ4v) is 1.26. The maximum Gasteiger partial charge on any atom is 0.329 e. The van der Waals surface area contributed by atoms with Crippen molar-refractivity contribution >= 4 is 5.97 Å². The zero-order valence-corrected chi connectivity index (χ0v) is 10.1. The molecule has 0 saturated carbocycles. The molecular weight excluding hydrogens is 206 g/mol. The van der Waals surface area contributed by atoms with Crippen molar-refractivity contribution in [3.63, 3.8) is 0 Å². The summed E-state index contributed by atoms with van der Waals surface area (Å²) in [5, 5.41) is 0. The molecule has 0 N–H and O–H groups in total. The first-order chi connectivity index (χ1) is 7.31. The summed E-state index contributed by atoms with van der Waals surface area (Å²) in [6.45, 7) is 7.04. The number of carbonyl (C=O) groups is 1. The number of pyridine rings is 1. The second-order valence-corrected chi connectivity index (χ2v) is 4.66. The van der Waals surface area contributed by atoms with Gasteiger partial charge in [-0.25, -0.2) is 4.79 Å². The predicted octanol–water partition coefficient (Wildman–Crippen LogP) is 1.75. The highest BCUT2D eigenvalue weighted by Gasteiger charge is 2.22. The topological polar surface area (TPSA) is 48.3 Å². The van der Waals surface area contributed by atoms with Gasteiger partial charge in [-0.3, -0.25) is 4.79 Å². The molecule has 0 aliphatic rings. The summed E-state index contributed by atoms with van der Waals surface area (Å²) < 4.78 is 6.57. The second-order valence-electron chi connectivity index (χ2n) is 4.66. The van der Waals surface area contributed by atoms with E-state index in [0.717, 1.165) is 0 Å². The van der Waals surface area contributed by atoms with Gasteiger partial charge in [-0.05, 0) is 33.8 Å². The maximum atomic E-state index is 11.7. The van der Waals surface area contributed by atoms with Gasteiger partial charge in [-0.1, -0.05) is 6.07 Å². The molecule has 1 aromatic heterocycles. The molecule has 0 aliphatic carbocycles. The molecule has 88 valence electrons. The van der Waals surface area contributed by atoms with Gasteiger partial charge in [0.25, 0.3) is 5.56 Å². The third-order valence-corrected chi connectivity index (χ3v) is 2.02. The fourth-order valence-electron chi connectivity index (χ4n) is 1.26. The normalized spacial score (nSPS) is 13.2. The second kappa shape index (κ2) is 4.51. The predicted molar refractivity (Wildman–Crippen MR) is 61.3 cm³/mol. The lowest BCUT2D eigenvalue weighted by atomic mass is 10.2. The van der Waals surface area contributed by atoms with E-state index in [4.69, 9.17) is 4.74 Å². The molecule has 0 fully saturated rings. The van der Waals surface area contributed by atoms with Crippen molar-refractivity contribution in [1.29, 1.82) is 0 Å². The molecule has 0 unspecified atom stereocenters. The number of nitrogens with zero attached hydrogens (tertiary/aromatic N) is 1. The largest absolute Gasteiger partial charge is 0.458 e. The number of ether oxygens (including phenoxy) is 1. The van der Waals surface area contributed by atoms with Crippen molar-refractivity contribution in [2.45, 2.75) is 39.3 Å². The lowest BCUT2D eigenvalue weighted by molar-refractivity contribution is -0.158. The molecule has 16 heavy (non-hydrogen) atoms. The molecule has 0 saturated heterocycles. The maximum absolute atomic E-state index is 11.7. The number of hydrogen-bond acceptors (Lipinski definition) is 3. The molecule has 0 aromatic carbocycles. The van der Waals surface area contributed by atoms with Crippen molar-refractivity contribution < 1.29 is 9.53 Å². The van der Waals surface area contributed by atoms with Gasteiger partial charge in [0, 0.05) is 12.3 Å². The van der Waals surface area contributed by atoms with E-state index in [9.17, 15) is 9.59 Å². The molecule has 0 spiro atoms. The van der Waals surface area contributed by atoms with Crippen LogP contribution in [0.25, 0.3) is 0 Å². The minimum Gasteiger partial charge on any atom is -0.458 e. The third kappa shape index (κ3) is 3.22. The summed E-state index contributed by atoms with van der Waals surface area (Å²) in [4.78, 5) is 23.2. The van der Waals surface area contributed by atoms with Crippen molar-refractivity contribution in [3.05, 3.63) is 34.7 Å². The molecule has 4 nitrogen and oxygen atoms in total. The van der Waals surface area contributed by atoms with Crippen LogP contribution in [-0.2, 0) is 9.53 Å². The van der Waals surface area contributed by atoms with Crippen LogP contribution in [0.15, 0.2) is 29.2 Å². The minimum absolute atomic E-state index is 0.208. The first-order valence-corrected chi connectivity index (χ1v) is 5.21. The van der Waals surface area contributed by atoms with E-state index >= 15 is 0 Å². The average molecular weight is 223 g/mol. The van der Waals surface area contributed by atoms with Gasteiger partial charge in [0.1, 0.15) is 11.6 Å². The fraction of sp³-hybridized carbons (Fsp3) is 0.500. The highest BCUT2D eigenvalue weighted by atomic mass is 16.6. The van der Waals surface area contributed by atoms with Crippen LogP contribution < -0.4 is 5.56 Å². The van der Waals surface area contributed by atoms with E-state index < -0.39 is 17.6 Å². The van der Waals surface area contributed by atoms with E-state index in [0.29, 0.717) is 0 Å². The minimum atomic E-state index is -0.604. The Bertz CT molecular complexity index is 428. The smallest absolute Gasteiger partial charge is 0.329 e. The van der Waals surface area contributed by atoms with Crippen molar-refractivity contribution in [3.8, 4) is 0 Å². The molecule has 1 aromatic rings. The summed E-state index contributed by atoms with van der Waals surface area (Å²) in [7, 11) is 0. The number of hydrogen-bond donors (Lipinski definition) is 0. The van der Waals surface area contributed by atoms with Gasteiger partial charge >= 0.3 is 5.97 Å². The van der Waals surface area contributed by atoms with Crippen LogP contribution in [0, 0.1) is 0 Å². The molecule has 1 atom stereocenters. The molecule has 1 heterocycles. The first kappa shape index (κ1) is 12.5. The van der Waals surface area contributed by atoms with Gasteiger partial charge in [-0.15, -0.1) is 0 Å². The standard InChI is InChI=1S/C12H17NO3/c1-9(11(15)16-12(2,3)4)13-8-6-5-7-10(13)14/h5-9H,1-4H3/t9-/m0/s1. The lowest BCUT2D eigenvalue weighted by Crippen LogP contribution is -2.33. The zero-order chi connectivity index (χ0) is 12.3. The summed E-state index contributed by atoms with van der Waals surface area (Å²) in [6.07, 6.45) is 1.58. The van der Waals surface area contributed by atoms with Gasteiger partial charge in [0.05, 0.1) is 0 Å². The average Bonchev–Trinajstić information content (AvgIpc) is 2.15. The summed E-state index contributed by atoms with van der Waals surface area (Å²) >= 11 is 0. The number of esters is 1. The monoisotopic (exact) mass is 223 g/mol. The summed E-state index contributed by atoms with van der Waals surface area (Å²) in [5.41, 5.74) is -0.746. The zero-order valence-electron chi connectivity index (χ0n) is 10.1. The van der Waals surface area contributed by atoms with Crippen LogP contribution in [0.1, 0.15) is 33.7 Å². The van der Waals surface area contributed by atoms with Crippen LogP contribution in [0.5, 0.6) is 0 Å². The lowest BCUT2D eigenvalue weighted by Gasteiger charge is -2.23. The molecule has 0 aliphatic heterocycles. The molecule has 4 heteroatoms. The highest BCUT2D eigenvalue weighted by Crippen LogP contribution is 2.13. The quantitative estimate of drug-likeness (QED) is 0.718. The van der Waals surface area contributed by atoms with Crippen LogP contribution in [-0.4, -0.2) is 16.1 Å². The summed E-state index contributed by atoms with van der Waals surface area (Å²) in [5.74, 6) is -0.402. The highest BCUT2D eigenvalue weighted by molar-refractivity contribution is 5.74. The van der Waals surface area contributed by atoms with Crippen LogP contribution in [0.4, 0.5) is 0 Å². The van der Waals surface area contributed by atoms with E-state index in [1.165, 1.54) is 10.6 Å². The molecule has 0 amide bonds. The summed E-state index contributed by atoms with van der Waals surface area (Å²) in [6, 6.07) is 4.16. The van der Waals surface area contributed by atoms with E-state index in [1.54, 1.807) is 46.0 Å². The van der Waals surface area contributed by atoms with Gasteiger partial charge in [0.15, 0.2) is 0 Å². The van der Waals surface area contributed by atoms with Gasteiger partial charge < -0.3 is 9.30 Å². The Morgan fingerprint density at radius 2 is 2.00 bits per heavy atom. The SMILES string of the molecule is C[C@@H](C(=O)OC(C)(C)C)n1ccccc1=O. The van der Waals surface area contributed by atoms with Gasteiger partial charge in [-0.2, -0.15) is 0 Å². The Hall–Kier alpha value is -1.58. The third-order valence-electron chi connectivity index (χ3n) is 2.02. The molecule has 1 rings (SSSR count). The van der Waals surface area contributed by atoms with Crippen LogP contribution in [0.2, 0.25) is 0 Å². The Morgan fingerprint density at radius 1 is 1.38 bits per heavy atom. The van der Waals surface area contributed by atoms with Crippen LogP contribution >= 0.6 is 0 Å². The van der Waals surface area contributed by atoms with Crippen LogP contribution in [0.3, 0.4) is 0 Å². The number of rotatable bonds is 2. The molecule has 0 bridgehead atoms. The number of carbonyl (C=O) groups excluding carboxylic acids is 1. The Balaban J connectivity index is 2.87. The van der Waals surface area contributed by atoms with Crippen molar-refractivity contribution in [2.75, 3.05) is 0 Å².